The molecule has 4 aromatic rings. The van der Waals surface area contributed by atoms with Crippen molar-refractivity contribution in [2.24, 2.45) is 0 Å². The Labute approximate surface area is 217 Å². The van der Waals surface area contributed by atoms with Crippen LogP contribution in [-0.4, -0.2) is 42.9 Å². The van der Waals surface area contributed by atoms with Crippen molar-refractivity contribution in [3.63, 3.8) is 0 Å². The van der Waals surface area contributed by atoms with Crippen LogP contribution in [0.25, 0.3) is 0 Å². The van der Waals surface area contributed by atoms with Gasteiger partial charge in [-0.25, -0.2) is 0 Å². The molecule has 1 aliphatic rings. The van der Waals surface area contributed by atoms with Gasteiger partial charge in [-0.05, 0) is 54.1 Å². The van der Waals surface area contributed by atoms with Gasteiger partial charge in [0.25, 0.3) is 11.8 Å². The molecule has 2 amide bonds. The third kappa shape index (κ3) is 6.23. The fourth-order valence-electron chi connectivity index (χ4n) is 4.53. The van der Waals surface area contributed by atoms with Crippen LogP contribution < -0.4 is 15.5 Å². The summed E-state index contributed by atoms with van der Waals surface area (Å²) in [7, 11) is 0. The number of hydrogen-bond acceptors (Lipinski definition) is 4. The molecule has 2 N–H and O–H groups in total. The van der Waals surface area contributed by atoms with Gasteiger partial charge in [0.05, 0.1) is 11.3 Å². The van der Waals surface area contributed by atoms with Crippen LogP contribution in [-0.2, 0) is 6.54 Å². The first-order valence-corrected chi connectivity index (χ1v) is 12.5. The number of hydrogen-bond donors (Lipinski definition) is 2. The van der Waals surface area contributed by atoms with Gasteiger partial charge < -0.3 is 15.5 Å². The number of benzene rings is 4. The van der Waals surface area contributed by atoms with Crippen LogP contribution in [0.1, 0.15) is 26.3 Å². The molecule has 1 fully saturated rings. The van der Waals surface area contributed by atoms with Gasteiger partial charge in [-0.15, -0.1) is 0 Å². The number of piperazine rings is 1. The van der Waals surface area contributed by atoms with E-state index in [-0.39, 0.29) is 11.8 Å². The van der Waals surface area contributed by atoms with Gasteiger partial charge >= 0.3 is 0 Å². The molecule has 0 spiro atoms. The van der Waals surface area contributed by atoms with Crippen LogP contribution in [0, 0.1) is 0 Å². The molecule has 6 heteroatoms. The lowest BCUT2D eigenvalue weighted by molar-refractivity contribution is 0.102. The lowest BCUT2D eigenvalue weighted by Crippen LogP contribution is -2.45. The zero-order chi connectivity index (χ0) is 25.5. The maximum absolute atomic E-state index is 13.0. The van der Waals surface area contributed by atoms with Gasteiger partial charge in [-0.2, -0.15) is 0 Å². The number of para-hydroxylation sites is 1. The van der Waals surface area contributed by atoms with Crippen molar-refractivity contribution in [2.75, 3.05) is 41.7 Å². The third-order valence-corrected chi connectivity index (χ3v) is 6.57. The molecule has 0 radical (unpaired) electrons. The molecule has 0 bridgehead atoms. The predicted octanol–water partition coefficient (Wildman–Crippen LogP) is 5.51. The Bertz CT molecular complexity index is 1330. The first-order valence-electron chi connectivity index (χ1n) is 12.5. The highest BCUT2D eigenvalue weighted by atomic mass is 16.2. The van der Waals surface area contributed by atoms with Gasteiger partial charge in [0.15, 0.2) is 0 Å². The summed E-state index contributed by atoms with van der Waals surface area (Å²) in [6.45, 7) is 4.94. The fourth-order valence-corrected chi connectivity index (χ4v) is 4.53. The summed E-state index contributed by atoms with van der Waals surface area (Å²) < 4.78 is 0. The van der Waals surface area contributed by atoms with Crippen molar-refractivity contribution in [1.29, 1.82) is 0 Å². The van der Waals surface area contributed by atoms with Crippen LogP contribution in [0.4, 0.5) is 17.1 Å². The lowest BCUT2D eigenvalue weighted by Gasteiger charge is -2.36. The van der Waals surface area contributed by atoms with Crippen LogP contribution in [0.5, 0.6) is 0 Å². The molecule has 1 aliphatic heterocycles. The summed E-state index contributed by atoms with van der Waals surface area (Å²) in [5, 5.41) is 5.81. The van der Waals surface area contributed by atoms with Crippen molar-refractivity contribution in [3.8, 4) is 0 Å². The normalized spacial score (nSPS) is 13.7. The Kier molecular flexibility index (Phi) is 7.58. The van der Waals surface area contributed by atoms with Gasteiger partial charge in [0.2, 0.25) is 0 Å². The Morgan fingerprint density at radius 2 is 1.24 bits per heavy atom. The Hall–Kier alpha value is -4.42. The lowest BCUT2D eigenvalue weighted by atomic mass is 10.1. The zero-order valence-corrected chi connectivity index (χ0v) is 20.6. The van der Waals surface area contributed by atoms with E-state index in [1.165, 1.54) is 5.56 Å². The molecule has 1 saturated heterocycles. The summed E-state index contributed by atoms with van der Waals surface area (Å²) >= 11 is 0. The van der Waals surface area contributed by atoms with Crippen molar-refractivity contribution in [2.45, 2.75) is 6.54 Å². The second-order valence-corrected chi connectivity index (χ2v) is 9.12. The predicted molar refractivity (Wildman–Crippen MR) is 149 cm³/mol. The highest BCUT2D eigenvalue weighted by Gasteiger charge is 2.18. The molecule has 0 aromatic heterocycles. The maximum atomic E-state index is 13.0. The van der Waals surface area contributed by atoms with Crippen molar-refractivity contribution < 1.29 is 9.59 Å². The molecule has 186 valence electrons. The average Bonchev–Trinajstić information content (AvgIpc) is 2.95. The number of rotatable bonds is 7. The fraction of sp³-hybridized carbons (Fsp3) is 0.161. The number of carbonyl (C=O) groups excluding carboxylic acids is 2. The number of nitrogens with one attached hydrogen (secondary N) is 2. The van der Waals surface area contributed by atoms with Crippen molar-refractivity contribution >= 4 is 28.9 Å². The van der Waals surface area contributed by atoms with E-state index < -0.39 is 0 Å². The maximum Gasteiger partial charge on any atom is 0.257 e. The van der Waals surface area contributed by atoms with E-state index >= 15 is 0 Å². The molecule has 4 aromatic carbocycles. The van der Waals surface area contributed by atoms with Gasteiger partial charge in [0.1, 0.15) is 0 Å². The molecule has 0 atom stereocenters. The molecule has 0 unspecified atom stereocenters. The van der Waals surface area contributed by atoms with E-state index in [0.29, 0.717) is 22.5 Å². The summed E-state index contributed by atoms with van der Waals surface area (Å²) in [5.41, 5.74) is 4.62. The molecule has 6 nitrogen and oxygen atoms in total. The molecular formula is C31H30N4O2. The quantitative estimate of drug-likeness (QED) is 0.358. The molecule has 0 aliphatic carbocycles. The summed E-state index contributed by atoms with van der Waals surface area (Å²) in [6, 6.07) is 34.5. The monoisotopic (exact) mass is 490 g/mol. The second kappa shape index (κ2) is 11.5. The van der Waals surface area contributed by atoms with E-state index in [0.717, 1.165) is 38.4 Å². The summed E-state index contributed by atoms with van der Waals surface area (Å²) in [6.07, 6.45) is 0. The number of nitrogens with zero attached hydrogens (tertiary/aromatic N) is 2. The smallest absolute Gasteiger partial charge is 0.257 e. The Morgan fingerprint density at radius 1 is 0.622 bits per heavy atom. The minimum Gasteiger partial charge on any atom is -0.369 e. The summed E-state index contributed by atoms with van der Waals surface area (Å²) in [5.74, 6) is -0.527. The number of amides is 2. The van der Waals surface area contributed by atoms with E-state index in [1.807, 2.05) is 42.5 Å². The SMILES string of the molecule is O=C(Nc1ccccc1C(=O)Nc1ccc(N2CCN(Cc3ccccc3)CC2)cc1)c1ccccc1. The third-order valence-electron chi connectivity index (χ3n) is 6.57. The van der Waals surface area contributed by atoms with Crippen LogP contribution in [0.3, 0.4) is 0 Å². The second-order valence-electron chi connectivity index (χ2n) is 9.12. The van der Waals surface area contributed by atoms with Gasteiger partial charge in [-0.3, -0.25) is 14.5 Å². The highest BCUT2D eigenvalue weighted by molar-refractivity contribution is 6.12. The van der Waals surface area contributed by atoms with Crippen LogP contribution in [0.15, 0.2) is 109 Å². The molecular weight excluding hydrogens is 460 g/mol. The van der Waals surface area contributed by atoms with Gasteiger partial charge in [-0.1, -0.05) is 60.7 Å². The van der Waals surface area contributed by atoms with E-state index in [4.69, 9.17) is 0 Å². The van der Waals surface area contributed by atoms with Crippen LogP contribution >= 0.6 is 0 Å². The Morgan fingerprint density at radius 3 is 1.95 bits per heavy atom. The largest absolute Gasteiger partial charge is 0.369 e. The van der Waals surface area contributed by atoms with Crippen molar-refractivity contribution in [3.05, 3.63) is 126 Å². The highest BCUT2D eigenvalue weighted by Crippen LogP contribution is 2.22. The van der Waals surface area contributed by atoms with Crippen molar-refractivity contribution in [1.82, 2.24) is 4.90 Å². The molecule has 0 saturated carbocycles. The van der Waals surface area contributed by atoms with Crippen LogP contribution in [0.2, 0.25) is 0 Å². The van der Waals surface area contributed by atoms with E-state index in [1.54, 1.807) is 36.4 Å². The first-order chi connectivity index (χ1) is 18.2. The summed E-state index contributed by atoms with van der Waals surface area (Å²) in [4.78, 5) is 30.5. The number of anilines is 3. The van der Waals surface area contributed by atoms with E-state index in [9.17, 15) is 9.59 Å². The standard InChI is InChI=1S/C31H30N4O2/c36-30(25-11-5-2-6-12-25)33-29-14-8-7-13-28(29)31(37)32-26-15-17-27(18-16-26)35-21-19-34(20-22-35)23-24-9-3-1-4-10-24/h1-18H,19-23H2,(H,32,37)(H,33,36). The molecule has 5 rings (SSSR count). The molecule has 37 heavy (non-hydrogen) atoms. The zero-order valence-electron chi connectivity index (χ0n) is 20.6. The minimum absolute atomic E-state index is 0.255. The Balaban J connectivity index is 1.18. The van der Waals surface area contributed by atoms with E-state index in [2.05, 4.69) is 50.8 Å². The average molecular weight is 491 g/mol. The topological polar surface area (TPSA) is 64.7 Å². The van der Waals surface area contributed by atoms with Gasteiger partial charge in [0, 0.05) is 49.7 Å². The minimum atomic E-state index is -0.272. The first kappa shape index (κ1) is 24.3. The molecule has 1 heterocycles. The number of carbonyl (C=O) groups is 2.